The number of ether oxygens (including phenoxy) is 1. The Morgan fingerprint density at radius 3 is 1.79 bits per heavy atom. The van der Waals surface area contributed by atoms with Gasteiger partial charge in [-0.15, -0.1) is 0 Å². The molecule has 1 N–H and O–H groups in total. The lowest BCUT2D eigenvalue weighted by molar-refractivity contribution is -0.903. The standard InChI is InChI=1S/C21H26NO3.C13H22N/c1-22(2)15-13-19(14-16-22)25-20(23)21(24,17-9-5-3-6-10-17)18-11-7-4-8-12-18;1-4-5-11-14(2,3)12-13-9-7-6-8-10-13/h3-12,19,24H,13-16H2,1-2H3;6-10H,4-5,11-12H2,1-3H3/q2*+1. The Morgan fingerprint density at radius 2 is 1.33 bits per heavy atom. The van der Waals surface area contributed by atoms with E-state index in [0.717, 1.165) is 41.4 Å². The number of carbonyl (C=O) groups is 1. The summed E-state index contributed by atoms with van der Waals surface area (Å²) in [5, 5.41) is 11.4. The smallest absolute Gasteiger partial charge is 0.347 e. The minimum absolute atomic E-state index is 0.141. The summed E-state index contributed by atoms with van der Waals surface area (Å²) in [5.41, 5.74) is 0.703. The van der Waals surface area contributed by atoms with Gasteiger partial charge in [0, 0.05) is 18.4 Å². The van der Waals surface area contributed by atoms with E-state index in [4.69, 9.17) is 4.74 Å². The summed E-state index contributed by atoms with van der Waals surface area (Å²) < 4.78 is 7.79. The fraction of sp³-hybridized carbons (Fsp3) is 0.441. The van der Waals surface area contributed by atoms with E-state index in [2.05, 4.69) is 65.4 Å². The molecule has 1 saturated heterocycles. The number of esters is 1. The van der Waals surface area contributed by atoms with Crippen molar-refractivity contribution in [3.05, 3.63) is 108 Å². The molecule has 0 saturated carbocycles. The third-order valence-electron chi connectivity index (χ3n) is 7.64. The topological polar surface area (TPSA) is 46.5 Å². The Morgan fingerprint density at radius 1 is 0.872 bits per heavy atom. The van der Waals surface area contributed by atoms with Crippen LogP contribution >= 0.6 is 0 Å². The summed E-state index contributed by atoms with van der Waals surface area (Å²) in [7, 11) is 8.98. The van der Waals surface area contributed by atoms with Crippen LogP contribution in [0.1, 0.15) is 49.3 Å². The van der Waals surface area contributed by atoms with Crippen LogP contribution in [0.3, 0.4) is 0 Å². The van der Waals surface area contributed by atoms with Gasteiger partial charge in [-0.05, 0) is 17.5 Å². The fourth-order valence-electron chi connectivity index (χ4n) is 5.10. The Kier molecular flexibility index (Phi) is 10.9. The molecule has 0 aliphatic carbocycles. The Hall–Kier alpha value is -2.99. The van der Waals surface area contributed by atoms with Gasteiger partial charge in [-0.2, -0.15) is 0 Å². The number of likely N-dealkylation sites (tertiary alicyclic amines) is 1. The van der Waals surface area contributed by atoms with Gasteiger partial charge >= 0.3 is 5.97 Å². The van der Waals surface area contributed by atoms with Crippen LogP contribution in [0.25, 0.3) is 0 Å². The van der Waals surface area contributed by atoms with Crippen LogP contribution in [0, 0.1) is 0 Å². The molecule has 39 heavy (non-hydrogen) atoms. The molecule has 0 amide bonds. The lowest BCUT2D eigenvalue weighted by Gasteiger charge is -2.38. The molecule has 1 heterocycles. The lowest BCUT2D eigenvalue weighted by atomic mass is 9.86. The maximum absolute atomic E-state index is 13.0. The number of carbonyl (C=O) groups excluding carboxylic acids is 1. The average Bonchev–Trinajstić information content (AvgIpc) is 2.94. The highest BCUT2D eigenvalue weighted by Crippen LogP contribution is 2.32. The maximum atomic E-state index is 13.0. The maximum Gasteiger partial charge on any atom is 0.347 e. The van der Waals surface area contributed by atoms with Crippen molar-refractivity contribution in [1.82, 2.24) is 0 Å². The number of hydrogen-bond acceptors (Lipinski definition) is 3. The zero-order valence-corrected chi connectivity index (χ0v) is 24.6. The Balaban J connectivity index is 0.000000255. The van der Waals surface area contributed by atoms with E-state index in [1.54, 1.807) is 24.3 Å². The highest BCUT2D eigenvalue weighted by Gasteiger charge is 2.43. The molecule has 210 valence electrons. The second-order valence-electron chi connectivity index (χ2n) is 12.1. The van der Waals surface area contributed by atoms with E-state index in [9.17, 15) is 9.90 Å². The predicted octanol–water partition coefficient (Wildman–Crippen LogP) is 5.77. The molecule has 0 unspecified atom stereocenters. The molecule has 3 aromatic carbocycles. The SMILES string of the molecule is CCCC[N+](C)(C)Cc1ccccc1.C[N+]1(C)CCC(OC(=O)C(O)(c2ccccc2)c2ccccc2)CC1. The van der Waals surface area contributed by atoms with Gasteiger partial charge in [0.25, 0.3) is 0 Å². The first kappa shape index (κ1) is 30.6. The van der Waals surface area contributed by atoms with E-state index in [1.807, 2.05) is 36.4 Å². The van der Waals surface area contributed by atoms with Crippen molar-refractivity contribution < 1.29 is 23.6 Å². The van der Waals surface area contributed by atoms with E-state index in [-0.39, 0.29) is 6.10 Å². The molecular weight excluding hydrogens is 484 g/mol. The molecule has 5 nitrogen and oxygen atoms in total. The van der Waals surface area contributed by atoms with E-state index in [0.29, 0.717) is 11.1 Å². The zero-order valence-electron chi connectivity index (χ0n) is 24.6. The van der Waals surface area contributed by atoms with E-state index < -0.39 is 11.6 Å². The number of benzene rings is 3. The molecule has 3 aromatic rings. The van der Waals surface area contributed by atoms with Crippen molar-refractivity contribution in [3.63, 3.8) is 0 Å². The Bertz CT molecular complexity index is 1080. The highest BCUT2D eigenvalue weighted by molar-refractivity contribution is 5.85. The molecule has 5 heteroatoms. The summed E-state index contributed by atoms with van der Waals surface area (Å²) in [6.07, 6.45) is 4.10. The van der Waals surface area contributed by atoms with Crippen LogP contribution in [0.5, 0.6) is 0 Å². The second kappa shape index (κ2) is 13.9. The molecule has 0 radical (unpaired) electrons. The summed E-state index contributed by atoms with van der Waals surface area (Å²) in [5.74, 6) is -0.595. The zero-order chi connectivity index (χ0) is 28.4. The summed E-state index contributed by atoms with van der Waals surface area (Å²) in [6.45, 7) is 6.59. The van der Waals surface area contributed by atoms with Crippen molar-refractivity contribution >= 4 is 5.97 Å². The number of aliphatic hydroxyl groups is 1. The van der Waals surface area contributed by atoms with Crippen molar-refractivity contribution in [2.75, 3.05) is 47.8 Å². The van der Waals surface area contributed by atoms with Gasteiger partial charge in [-0.3, -0.25) is 0 Å². The normalized spacial score (nSPS) is 15.6. The lowest BCUT2D eigenvalue weighted by Crippen LogP contribution is -2.49. The molecule has 0 atom stereocenters. The highest BCUT2D eigenvalue weighted by atomic mass is 16.6. The largest absolute Gasteiger partial charge is 0.459 e. The number of hydrogen-bond donors (Lipinski definition) is 1. The average molecular weight is 533 g/mol. The molecule has 4 rings (SSSR count). The van der Waals surface area contributed by atoms with E-state index >= 15 is 0 Å². The summed E-state index contributed by atoms with van der Waals surface area (Å²) in [6, 6.07) is 28.8. The van der Waals surface area contributed by atoms with Crippen LogP contribution in [0.4, 0.5) is 0 Å². The van der Waals surface area contributed by atoms with Crippen molar-refractivity contribution in [1.29, 1.82) is 0 Å². The summed E-state index contributed by atoms with van der Waals surface area (Å²) >= 11 is 0. The van der Waals surface area contributed by atoms with Gasteiger partial charge in [-0.1, -0.05) is 104 Å². The first-order chi connectivity index (χ1) is 18.6. The molecular formula is C34H48N2O3+2. The van der Waals surface area contributed by atoms with Crippen LogP contribution in [-0.4, -0.2) is 74.0 Å². The monoisotopic (exact) mass is 532 g/mol. The van der Waals surface area contributed by atoms with Gasteiger partial charge in [0.1, 0.15) is 12.6 Å². The van der Waals surface area contributed by atoms with Crippen LogP contribution in [-0.2, 0) is 21.7 Å². The number of rotatable bonds is 9. The quantitative estimate of drug-likeness (QED) is 0.281. The van der Waals surface area contributed by atoms with Gasteiger partial charge in [0.05, 0.1) is 47.8 Å². The number of piperidine rings is 1. The van der Waals surface area contributed by atoms with Gasteiger partial charge in [-0.25, -0.2) is 4.79 Å². The van der Waals surface area contributed by atoms with Crippen LogP contribution in [0.15, 0.2) is 91.0 Å². The molecule has 0 bridgehead atoms. The minimum atomic E-state index is -1.79. The third-order valence-corrected chi connectivity index (χ3v) is 7.64. The van der Waals surface area contributed by atoms with Gasteiger partial charge < -0.3 is 18.8 Å². The van der Waals surface area contributed by atoms with Crippen LogP contribution < -0.4 is 0 Å². The predicted molar refractivity (Wildman–Crippen MR) is 159 cm³/mol. The van der Waals surface area contributed by atoms with Gasteiger partial charge in [0.15, 0.2) is 0 Å². The third kappa shape index (κ3) is 9.03. The van der Waals surface area contributed by atoms with Gasteiger partial charge in [0.2, 0.25) is 5.60 Å². The number of quaternary nitrogens is 2. The van der Waals surface area contributed by atoms with Crippen LogP contribution in [0.2, 0.25) is 0 Å². The summed E-state index contributed by atoms with van der Waals surface area (Å²) in [4.78, 5) is 13.0. The minimum Gasteiger partial charge on any atom is -0.459 e. The molecule has 1 aliphatic rings. The molecule has 0 spiro atoms. The van der Waals surface area contributed by atoms with E-state index in [1.165, 1.54) is 24.9 Å². The fourth-order valence-corrected chi connectivity index (χ4v) is 5.10. The van der Waals surface area contributed by atoms with Crippen molar-refractivity contribution in [3.8, 4) is 0 Å². The second-order valence-corrected chi connectivity index (χ2v) is 12.1. The molecule has 1 fully saturated rings. The molecule has 1 aliphatic heterocycles. The Labute approximate surface area is 235 Å². The number of unbranched alkanes of at least 4 members (excludes halogenated alkanes) is 1. The number of nitrogens with zero attached hydrogens (tertiary/aromatic N) is 2. The van der Waals surface area contributed by atoms with Crippen molar-refractivity contribution in [2.24, 2.45) is 0 Å². The van der Waals surface area contributed by atoms with Crippen molar-refractivity contribution in [2.45, 2.75) is 50.9 Å². The molecule has 0 aromatic heterocycles. The first-order valence-electron chi connectivity index (χ1n) is 14.3. The first-order valence-corrected chi connectivity index (χ1v) is 14.3.